The van der Waals surface area contributed by atoms with Crippen molar-refractivity contribution in [3.63, 3.8) is 0 Å². The van der Waals surface area contributed by atoms with Crippen molar-refractivity contribution in [1.82, 2.24) is 9.97 Å². The maximum atomic E-state index is 11.1. The lowest BCUT2D eigenvalue weighted by Crippen LogP contribution is -1.89. The Morgan fingerprint density at radius 2 is 1.35 bits per heavy atom. The maximum absolute atomic E-state index is 11.1. The fourth-order valence-corrected chi connectivity index (χ4v) is 2.63. The van der Waals surface area contributed by atoms with Crippen molar-refractivity contribution in [3.8, 4) is 23.7 Å². The van der Waals surface area contributed by atoms with Crippen LogP contribution in [0, 0.1) is 23.7 Å². The van der Waals surface area contributed by atoms with Crippen LogP contribution < -0.4 is 0 Å². The summed E-state index contributed by atoms with van der Waals surface area (Å²) in [5.74, 6) is 12.5. The van der Waals surface area contributed by atoms with Crippen LogP contribution in [0.2, 0.25) is 0 Å². The van der Waals surface area contributed by atoms with Crippen LogP contribution in [0.1, 0.15) is 29.4 Å². The van der Waals surface area contributed by atoms with E-state index in [1.54, 1.807) is 19.3 Å². The molecule has 0 atom stereocenters. The molecule has 4 heteroatoms. The van der Waals surface area contributed by atoms with Crippen LogP contribution in [0.15, 0.2) is 71.9 Å². The monoisotopic (exact) mass is 354 g/mol. The highest BCUT2D eigenvalue weighted by Gasteiger charge is 1.97. The Morgan fingerprint density at radius 3 is 2.00 bits per heavy atom. The first-order chi connectivity index (χ1) is 12.7. The van der Waals surface area contributed by atoms with Crippen molar-refractivity contribution in [2.24, 2.45) is 0 Å². The minimum atomic E-state index is 0.0661. The van der Waals surface area contributed by atoms with E-state index in [2.05, 4.69) is 33.6 Å². The molecule has 0 spiro atoms. The summed E-state index contributed by atoms with van der Waals surface area (Å²) >= 11 is 1.21. The maximum Gasteiger partial charge on any atom is 0.205 e. The van der Waals surface area contributed by atoms with Gasteiger partial charge in [0.2, 0.25) is 5.82 Å². The van der Waals surface area contributed by atoms with Gasteiger partial charge in [0, 0.05) is 35.3 Å². The molecule has 0 fully saturated rings. The largest absolute Gasteiger partial charge is 0.287 e. The van der Waals surface area contributed by atoms with Crippen LogP contribution in [-0.4, -0.2) is 15.1 Å². The standard InChI is InChI=1S/C22H14N2OS/c1-17(25)26-21-12-9-19(10-13-21)7-8-20-15-23-22(24-16-20)14-11-18-5-3-2-4-6-18/h2-6,9-10,12-13,15-16H,1H3. The number of aromatic nitrogens is 2. The number of thioether (sulfide) groups is 1. The first-order valence-electron chi connectivity index (χ1n) is 7.89. The van der Waals surface area contributed by atoms with E-state index in [0.717, 1.165) is 21.6 Å². The molecule has 0 bridgehead atoms. The Morgan fingerprint density at radius 1 is 0.769 bits per heavy atom. The molecule has 0 N–H and O–H groups in total. The van der Waals surface area contributed by atoms with Crippen LogP contribution in [-0.2, 0) is 4.79 Å². The van der Waals surface area contributed by atoms with Gasteiger partial charge in [-0.05, 0) is 42.3 Å². The zero-order chi connectivity index (χ0) is 18.2. The van der Waals surface area contributed by atoms with Gasteiger partial charge in [-0.3, -0.25) is 4.79 Å². The van der Waals surface area contributed by atoms with Gasteiger partial charge in [0.15, 0.2) is 5.12 Å². The molecule has 3 nitrogen and oxygen atoms in total. The second-order valence-electron chi connectivity index (χ2n) is 5.28. The molecular formula is C22H14N2OS. The van der Waals surface area contributed by atoms with Crippen LogP contribution in [0.3, 0.4) is 0 Å². The molecule has 0 radical (unpaired) electrons. The fourth-order valence-electron chi connectivity index (χ4n) is 2.02. The molecule has 3 aromatic rings. The SMILES string of the molecule is CC(=O)Sc1ccc(C#Cc2cnc(C#Cc3ccccc3)nc2)cc1. The van der Waals surface area contributed by atoms with E-state index in [1.165, 1.54) is 11.8 Å². The third kappa shape index (κ3) is 5.34. The van der Waals surface area contributed by atoms with E-state index in [9.17, 15) is 4.79 Å². The van der Waals surface area contributed by atoms with Gasteiger partial charge in [-0.2, -0.15) is 0 Å². The van der Waals surface area contributed by atoms with E-state index >= 15 is 0 Å². The normalized spacial score (nSPS) is 9.42. The Kier molecular flexibility index (Phi) is 5.83. The number of hydrogen-bond acceptors (Lipinski definition) is 4. The lowest BCUT2D eigenvalue weighted by molar-refractivity contribution is -0.109. The van der Waals surface area contributed by atoms with Gasteiger partial charge in [0.25, 0.3) is 0 Å². The molecule has 1 heterocycles. The zero-order valence-corrected chi connectivity index (χ0v) is 14.9. The minimum Gasteiger partial charge on any atom is -0.287 e. The number of carbonyl (C=O) groups is 1. The van der Waals surface area contributed by atoms with Crippen molar-refractivity contribution in [2.75, 3.05) is 0 Å². The molecular weight excluding hydrogens is 340 g/mol. The first kappa shape index (κ1) is 17.5. The molecule has 124 valence electrons. The summed E-state index contributed by atoms with van der Waals surface area (Å²) in [6, 6.07) is 17.2. The van der Waals surface area contributed by atoms with Gasteiger partial charge in [0.05, 0.1) is 5.56 Å². The second-order valence-corrected chi connectivity index (χ2v) is 6.53. The highest BCUT2D eigenvalue weighted by atomic mass is 32.2. The topological polar surface area (TPSA) is 42.9 Å². The van der Waals surface area contributed by atoms with Crippen molar-refractivity contribution in [2.45, 2.75) is 11.8 Å². The second kappa shape index (κ2) is 8.67. The molecule has 0 aliphatic rings. The first-order valence-corrected chi connectivity index (χ1v) is 8.70. The number of benzene rings is 2. The molecule has 0 saturated carbocycles. The Bertz CT molecular complexity index is 1020. The van der Waals surface area contributed by atoms with Crippen molar-refractivity contribution in [3.05, 3.63) is 89.5 Å². The van der Waals surface area contributed by atoms with Gasteiger partial charge < -0.3 is 0 Å². The lowest BCUT2D eigenvalue weighted by atomic mass is 10.2. The summed E-state index contributed by atoms with van der Waals surface area (Å²) in [6.45, 7) is 1.55. The molecule has 0 unspecified atom stereocenters. The number of hydrogen-bond donors (Lipinski definition) is 0. The third-order valence-corrected chi connectivity index (χ3v) is 4.01. The van der Waals surface area contributed by atoms with E-state index in [-0.39, 0.29) is 5.12 Å². The Balaban J connectivity index is 1.67. The van der Waals surface area contributed by atoms with Crippen LogP contribution in [0.25, 0.3) is 0 Å². The summed E-state index contributed by atoms with van der Waals surface area (Å²) < 4.78 is 0. The summed E-state index contributed by atoms with van der Waals surface area (Å²) in [4.78, 5) is 20.4. The summed E-state index contributed by atoms with van der Waals surface area (Å²) in [6.07, 6.45) is 3.32. The Hall–Kier alpha value is -3.34. The number of nitrogens with zero attached hydrogens (tertiary/aromatic N) is 2. The molecule has 0 aliphatic carbocycles. The van der Waals surface area contributed by atoms with Gasteiger partial charge in [-0.25, -0.2) is 9.97 Å². The highest BCUT2D eigenvalue weighted by molar-refractivity contribution is 8.13. The molecule has 0 aliphatic heterocycles. The fraction of sp³-hybridized carbons (Fsp3) is 0.0455. The summed E-state index contributed by atoms with van der Waals surface area (Å²) in [5.41, 5.74) is 2.51. The summed E-state index contributed by atoms with van der Waals surface area (Å²) in [7, 11) is 0. The molecule has 0 saturated heterocycles. The molecule has 3 rings (SSSR count). The average Bonchev–Trinajstić information content (AvgIpc) is 2.67. The highest BCUT2D eigenvalue weighted by Crippen LogP contribution is 2.18. The van der Waals surface area contributed by atoms with Gasteiger partial charge in [-0.15, -0.1) is 0 Å². The van der Waals surface area contributed by atoms with E-state index < -0.39 is 0 Å². The van der Waals surface area contributed by atoms with Crippen LogP contribution in [0.4, 0.5) is 0 Å². The molecule has 1 aromatic heterocycles. The predicted molar refractivity (Wildman–Crippen MR) is 103 cm³/mol. The van der Waals surface area contributed by atoms with Crippen LogP contribution in [0.5, 0.6) is 0 Å². The van der Waals surface area contributed by atoms with Gasteiger partial charge in [0.1, 0.15) is 0 Å². The van der Waals surface area contributed by atoms with Crippen molar-refractivity contribution >= 4 is 16.9 Å². The average molecular weight is 354 g/mol. The summed E-state index contributed by atoms with van der Waals surface area (Å²) in [5, 5.41) is 0.0661. The van der Waals surface area contributed by atoms with Crippen molar-refractivity contribution < 1.29 is 4.79 Å². The van der Waals surface area contributed by atoms with Gasteiger partial charge in [-0.1, -0.05) is 47.7 Å². The zero-order valence-electron chi connectivity index (χ0n) is 14.1. The predicted octanol–water partition coefficient (Wildman–Crippen LogP) is 3.91. The third-order valence-electron chi connectivity index (χ3n) is 3.21. The smallest absolute Gasteiger partial charge is 0.205 e. The Labute approximate surface area is 156 Å². The minimum absolute atomic E-state index is 0.0661. The lowest BCUT2D eigenvalue weighted by Gasteiger charge is -1.96. The van der Waals surface area contributed by atoms with E-state index in [1.807, 2.05) is 54.6 Å². The van der Waals surface area contributed by atoms with Crippen LogP contribution >= 0.6 is 11.8 Å². The quantitative estimate of drug-likeness (QED) is 0.491. The molecule has 26 heavy (non-hydrogen) atoms. The van der Waals surface area contributed by atoms with E-state index in [4.69, 9.17) is 0 Å². The van der Waals surface area contributed by atoms with Crippen molar-refractivity contribution in [1.29, 1.82) is 0 Å². The van der Waals surface area contributed by atoms with E-state index in [0.29, 0.717) is 5.82 Å². The molecule has 0 amide bonds. The number of rotatable bonds is 1. The number of carbonyl (C=O) groups excluding carboxylic acids is 1. The van der Waals surface area contributed by atoms with Gasteiger partial charge >= 0.3 is 0 Å². The molecule has 2 aromatic carbocycles.